The van der Waals surface area contributed by atoms with Crippen LogP contribution in [0, 0.1) is 10.1 Å². The number of Topliss-reactive ketones (excluding diaryl/α,β-unsaturated/α-hetero) is 1. The molecular formula is C11H9N3O3. The van der Waals surface area contributed by atoms with E-state index >= 15 is 0 Å². The van der Waals surface area contributed by atoms with Gasteiger partial charge in [0.15, 0.2) is 5.78 Å². The molecule has 86 valence electrons. The lowest BCUT2D eigenvalue weighted by molar-refractivity contribution is -0.382. The van der Waals surface area contributed by atoms with E-state index in [2.05, 4.69) is 4.98 Å². The number of pyridine rings is 1. The largest absolute Gasteiger partial charge is 0.391 e. The second-order valence-corrected chi connectivity index (χ2v) is 3.55. The van der Waals surface area contributed by atoms with Crippen LogP contribution >= 0.6 is 0 Å². The van der Waals surface area contributed by atoms with E-state index in [0.717, 1.165) is 0 Å². The molecule has 2 aromatic rings. The van der Waals surface area contributed by atoms with Crippen LogP contribution in [0.5, 0.6) is 0 Å². The van der Waals surface area contributed by atoms with E-state index in [1.807, 2.05) is 0 Å². The molecule has 17 heavy (non-hydrogen) atoms. The lowest BCUT2D eigenvalue weighted by Crippen LogP contribution is -2.07. The first kappa shape index (κ1) is 11.0. The molecular weight excluding hydrogens is 222 g/mol. The number of nitro groups is 1. The molecule has 0 saturated carbocycles. The van der Waals surface area contributed by atoms with Crippen molar-refractivity contribution in [1.82, 2.24) is 4.98 Å². The molecule has 0 atom stereocenters. The van der Waals surface area contributed by atoms with Gasteiger partial charge in [0.25, 0.3) is 0 Å². The molecule has 0 spiro atoms. The van der Waals surface area contributed by atoms with E-state index in [1.165, 1.54) is 6.92 Å². The zero-order valence-electron chi connectivity index (χ0n) is 9.01. The van der Waals surface area contributed by atoms with Crippen molar-refractivity contribution in [2.75, 3.05) is 5.73 Å². The van der Waals surface area contributed by atoms with E-state index in [9.17, 15) is 14.9 Å². The molecule has 0 aliphatic heterocycles. The minimum atomic E-state index is -0.591. The number of ketones is 1. The first-order chi connectivity index (χ1) is 8.02. The molecule has 1 heterocycles. The molecule has 0 aliphatic rings. The highest BCUT2D eigenvalue weighted by Crippen LogP contribution is 2.32. The number of benzene rings is 1. The number of hydrogen-bond donors (Lipinski definition) is 1. The fourth-order valence-electron chi connectivity index (χ4n) is 1.67. The fraction of sp³-hybridized carbons (Fsp3) is 0.0909. The van der Waals surface area contributed by atoms with Crippen LogP contribution in [0.4, 0.5) is 11.4 Å². The summed E-state index contributed by atoms with van der Waals surface area (Å²) in [6, 6.07) is 6.51. The summed E-state index contributed by atoms with van der Waals surface area (Å²) in [6.45, 7) is 1.27. The van der Waals surface area contributed by atoms with Crippen molar-refractivity contribution < 1.29 is 9.72 Å². The number of nitrogens with zero attached hydrogens (tertiary/aromatic N) is 2. The molecule has 1 aromatic carbocycles. The van der Waals surface area contributed by atoms with Crippen molar-refractivity contribution in [3.63, 3.8) is 0 Å². The third-order valence-electron chi connectivity index (χ3n) is 2.42. The Hall–Kier alpha value is -2.50. The van der Waals surface area contributed by atoms with Crippen molar-refractivity contribution in [1.29, 1.82) is 0 Å². The summed E-state index contributed by atoms with van der Waals surface area (Å²) >= 11 is 0. The van der Waals surface area contributed by atoms with Crippen LogP contribution in [0.1, 0.15) is 17.4 Å². The average Bonchev–Trinajstić information content (AvgIpc) is 2.27. The summed E-state index contributed by atoms with van der Waals surface area (Å²) in [5.41, 5.74) is 5.51. The Balaban J connectivity index is 2.95. The van der Waals surface area contributed by atoms with E-state index in [-0.39, 0.29) is 17.1 Å². The number of hydrogen-bond acceptors (Lipinski definition) is 5. The molecule has 0 bridgehead atoms. The van der Waals surface area contributed by atoms with E-state index < -0.39 is 10.7 Å². The van der Waals surface area contributed by atoms with Gasteiger partial charge in [-0.15, -0.1) is 0 Å². The highest BCUT2D eigenvalue weighted by Gasteiger charge is 2.23. The number of carbonyl (C=O) groups excluding carboxylic acids is 1. The number of nitrogens with two attached hydrogens (primary N) is 1. The minimum absolute atomic E-state index is 0.0598. The summed E-state index contributed by atoms with van der Waals surface area (Å²) in [7, 11) is 0. The SMILES string of the molecule is CC(=O)c1nc2ccccc2c([N+](=O)[O-])c1N. The average molecular weight is 231 g/mol. The first-order valence-electron chi connectivity index (χ1n) is 4.86. The van der Waals surface area contributed by atoms with Crippen LogP contribution in [0.2, 0.25) is 0 Å². The van der Waals surface area contributed by atoms with Crippen LogP contribution in [0.15, 0.2) is 24.3 Å². The summed E-state index contributed by atoms with van der Waals surface area (Å²) in [6.07, 6.45) is 0. The third-order valence-corrected chi connectivity index (χ3v) is 2.42. The highest BCUT2D eigenvalue weighted by molar-refractivity contribution is 6.05. The molecule has 0 fully saturated rings. The molecule has 0 radical (unpaired) electrons. The molecule has 2 rings (SSSR count). The molecule has 2 N–H and O–H groups in total. The van der Waals surface area contributed by atoms with Gasteiger partial charge in [-0.05, 0) is 12.1 Å². The summed E-state index contributed by atoms with van der Waals surface area (Å²) in [5.74, 6) is -0.392. The standard InChI is InChI=1S/C11H9N3O3/c1-6(15)10-9(12)11(14(16)17)7-4-2-3-5-8(7)13-10/h2-5H,12H2,1H3. The maximum Gasteiger partial charge on any atom is 0.303 e. The predicted octanol–water partition coefficient (Wildman–Crippen LogP) is 1.93. The smallest absolute Gasteiger partial charge is 0.303 e. The number of aromatic nitrogens is 1. The van der Waals surface area contributed by atoms with Gasteiger partial charge < -0.3 is 5.73 Å². The summed E-state index contributed by atoms with van der Waals surface area (Å²) < 4.78 is 0. The topological polar surface area (TPSA) is 99.1 Å². The number of para-hydroxylation sites is 1. The molecule has 0 unspecified atom stereocenters. The number of fused-ring (bicyclic) bond motifs is 1. The molecule has 0 amide bonds. The van der Waals surface area contributed by atoms with Crippen LogP contribution in [-0.2, 0) is 0 Å². The maximum absolute atomic E-state index is 11.3. The van der Waals surface area contributed by atoms with Gasteiger partial charge in [0.2, 0.25) is 0 Å². The highest BCUT2D eigenvalue weighted by atomic mass is 16.6. The maximum atomic E-state index is 11.3. The summed E-state index contributed by atoms with van der Waals surface area (Å²) in [5, 5.41) is 11.3. The minimum Gasteiger partial charge on any atom is -0.391 e. The van der Waals surface area contributed by atoms with E-state index in [0.29, 0.717) is 10.9 Å². The van der Waals surface area contributed by atoms with Crippen LogP contribution in [0.3, 0.4) is 0 Å². The number of anilines is 1. The van der Waals surface area contributed by atoms with Gasteiger partial charge in [0.05, 0.1) is 15.8 Å². The second-order valence-electron chi connectivity index (χ2n) is 3.55. The quantitative estimate of drug-likeness (QED) is 0.483. The normalized spacial score (nSPS) is 10.4. The van der Waals surface area contributed by atoms with Gasteiger partial charge in [-0.25, -0.2) is 4.98 Å². The van der Waals surface area contributed by atoms with Gasteiger partial charge >= 0.3 is 5.69 Å². The van der Waals surface area contributed by atoms with E-state index in [4.69, 9.17) is 5.73 Å². The van der Waals surface area contributed by atoms with Crippen LogP contribution in [0.25, 0.3) is 10.9 Å². The first-order valence-corrected chi connectivity index (χ1v) is 4.86. The van der Waals surface area contributed by atoms with Crippen molar-refractivity contribution in [2.24, 2.45) is 0 Å². The Labute approximate surface area is 96.2 Å². The lowest BCUT2D eigenvalue weighted by Gasteiger charge is -2.05. The van der Waals surface area contributed by atoms with Crippen molar-refractivity contribution in [2.45, 2.75) is 6.92 Å². The predicted molar refractivity (Wildman–Crippen MR) is 62.8 cm³/mol. The lowest BCUT2D eigenvalue weighted by atomic mass is 10.1. The fourth-order valence-corrected chi connectivity index (χ4v) is 1.67. The monoisotopic (exact) mass is 231 g/mol. The van der Waals surface area contributed by atoms with Crippen molar-refractivity contribution >= 4 is 28.1 Å². The molecule has 6 nitrogen and oxygen atoms in total. The Kier molecular flexibility index (Phi) is 2.47. The van der Waals surface area contributed by atoms with Gasteiger partial charge in [-0.1, -0.05) is 12.1 Å². The number of rotatable bonds is 2. The molecule has 1 aromatic heterocycles. The van der Waals surface area contributed by atoms with Crippen LogP contribution in [-0.4, -0.2) is 15.7 Å². The molecule has 0 saturated heterocycles. The van der Waals surface area contributed by atoms with Gasteiger partial charge in [-0.2, -0.15) is 0 Å². The zero-order valence-corrected chi connectivity index (χ0v) is 9.01. The van der Waals surface area contributed by atoms with Crippen molar-refractivity contribution in [3.8, 4) is 0 Å². The zero-order chi connectivity index (χ0) is 12.6. The van der Waals surface area contributed by atoms with Gasteiger partial charge in [0.1, 0.15) is 11.4 Å². The number of nitrogen functional groups attached to an aromatic ring is 1. The summed E-state index contributed by atoms with van der Waals surface area (Å²) in [4.78, 5) is 25.8. The van der Waals surface area contributed by atoms with E-state index in [1.54, 1.807) is 24.3 Å². The Morgan fingerprint density at radius 1 is 1.41 bits per heavy atom. The molecule has 0 aliphatic carbocycles. The number of carbonyl (C=O) groups is 1. The Morgan fingerprint density at radius 2 is 2.06 bits per heavy atom. The third kappa shape index (κ3) is 1.69. The second kappa shape index (κ2) is 3.82. The molecule has 6 heteroatoms. The van der Waals surface area contributed by atoms with Crippen LogP contribution < -0.4 is 5.73 Å². The Morgan fingerprint density at radius 3 is 2.65 bits per heavy atom. The Bertz CT molecular complexity index is 637. The van der Waals surface area contributed by atoms with Gasteiger partial charge in [0, 0.05) is 6.92 Å². The van der Waals surface area contributed by atoms with Crippen molar-refractivity contribution in [3.05, 3.63) is 40.1 Å². The van der Waals surface area contributed by atoms with Gasteiger partial charge in [-0.3, -0.25) is 14.9 Å².